The van der Waals surface area contributed by atoms with Crippen molar-refractivity contribution >= 4 is 23.3 Å². The Bertz CT molecular complexity index is 1220. The zero-order valence-electron chi connectivity index (χ0n) is 23.4. The lowest BCUT2D eigenvalue weighted by molar-refractivity contribution is -0.170. The fraction of sp³-hybridized carbons (Fsp3) is 0.394. The smallest absolute Gasteiger partial charge is 0.323 e. The van der Waals surface area contributed by atoms with Crippen LogP contribution in [0.1, 0.15) is 49.4 Å². The molecule has 0 bridgehead atoms. The van der Waals surface area contributed by atoms with Gasteiger partial charge in [0, 0.05) is 31.0 Å². The normalized spacial score (nSPS) is 12.9. The van der Waals surface area contributed by atoms with Gasteiger partial charge in [-0.15, -0.1) is 0 Å². The Morgan fingerprint density at radius 2 is 1.56 bits per heavy atom. The molecule has 3 aromatic carbocycles. The molecule has 6 nitrogen and oxygen atoms in total. The maximum absolute atomic E-state index is 12.6. The molecule has 1 heterocycles. The fourth-order valence-corrected chi connectivity index (χ4v) is 5.23. The average Bonchev–Trinajstić information content (AvgIpc) is 2.96. The Morgan fingerprint density at radius 1 is 0.872 bits per heavy atom. The Balaban J connectivity index is 1.40. The van der Waals surface area contributed by atoms with Crippen LogP contribution < -0.4 is 10.2 Å². The summed E-state index contributed by atoms with van der Waals surface area (Å²) in [6.07, 6.45) is 3.51. The SMILES string of the molecule is CCOC(=O)C(C)(Cc1ccc(NCc2cccc3c2CCCN3CCc2ccccc2)cc1)C(=O)OCC. The van der Waals surface area contributed by atoms with E-state index in [9.17, 15) is 9.59 Å². The van der Waals surface area contributed by atoms with Gasteiger partial charge in [0.2, 0.25) is 0 Å². The summed E-state index contributed by atoms with van der Waals surface area (Å²) in [6.45, 7) is 8.33. The summed E-state index contributed by atoms with van der Waals surface area (Å²) in [5.41, 5.74) is 5.95. The van der Waals surface area contributed by atoms with Crippen LogP contribution in [0.4, 0.5) is 11.4 Å². The minimum atomic E-state index is -1.38. The van der Waals surface area contributed by atoms with Gasteiger partial charge < -0.3 is 19.7 Å². The summed E-state index contributed by atoms with van der Waals surface area (Å²) < 4.78 is 10.4. The quantitative estimate of drug-likeness (QED) is 0.231. The molecule has 0 spiro atoms. The minimum absolute atomic E-state index is 0.213. The fourth-order valence-electron chi connectivity index (χ4n) is 5.23. The molecule has 0 amide bonds. The van der Waals surface area contributed by atoms with E-state index in [1.165, 1.54) is 22.4 Å². The van der Waals surface area contributed by atoms with Gasteiger partial charge in [0.1, 0.15) is 0 Å². The second kappa shape index (κ2) is 13.3. The molecule has 0 saturated heterocycles. The maximum Gasteiger partial charge on any atom is 0.323 e. The van der Waals surface area contributed by atoms with Crippen LogP contribution in [0.2, 0.25) is 0 Å². The van der Waals surface area contributed by atoms with E-state index < -0.39 is 17.4 Å². The van der Waals surface area contributed by atoms with Crippen LogP contribution in [0, 0.1) is 5.41 Å². The molecule has 1 N–H and O–H groups in total. The number of esters is 2. The third kappa shape index (κ3) is 6.99. The number of hydrogen-bond acceptors (Lipinski definition) is 6. The Labute approximate surface area is 232 Å². The number of rotatable bonds is 12. The first-order valence-electron chi connectivity index (χ1n) is 14.0. The van der Waals surface area contributed by atoms with E-state index in [4.69, 9.17) is 9.47 Å². The van der Waals surface area contributed by atoms with Crippen LogP contribution in [0.5, 0.6) is 0 Å². The zero-order chi connectivity index (χ0) is 27.7. The molecule has 0 saturated carbocycles. The lowest BCUT2D eigenvalue weighted by atomic mass is 9.83. The maximum atomic E-state index is 12.6. The molecular formula is C33H40N2O4. The second-order valence-electron chi connectivity index (χ2n) is 10.2. The number of nitrogens with zero attached hydrogens (tertiary/aromatic N) is 1. The highest BCUT2D eigenvalue weighted by Gasteiger charge is 2.44. The number of benzene rings is 3. The van der Waals surface area contributed by atoms with Crippen molar-refractivity contribution in [2.24, 2.45) is 5.41 Å². The first-order chi connectivity index (χ1) is 18.9. The Hall–Kier alpha value is -3.80. The van der Waals surface area contributed by atoms with Crippen molar-refractivity contribution < 1.29 is 19.1 Å². The van der Waals surface area contributed by atoms with E-state index in [0.29, 0.717) is 0 Å². The zero-order valence-corrected chi connectivity index (χ0v) is 23.4. The van der Waals surface area contributed by atoms with Crippen molar-refractivity contribution in [3.05, 3.63) is 95.1 Å². The third-order valence-electron chi connectivity index (χ3n) is 7.40. The number of hydrogen-bond donors (Lipinski definition) is 1. The molecular weight excluding hydrogens is 488 g/mol. The molecule has 206 valence electrons. The van der Waals surface area contributed by atoms with Crippen molar-refractivity contribution in [3.8, 4) is 0 Å². The molecule has 0 unspecified atom stereocenters. The van der Waals surface area contributed by atoms with Gasteiger partial charge in [-0.2, -0.15) is 0 Å². The van der Waals surface area contributed by atoms with Crippen molar-refractivity contribution in [1.29, 1.82) is 0 Å². The summed E-state index contributed by atoms with van der Waals surface area (Å²) in [6, 6.07) is 25.2. The van der Waals surface area contributed by atoms with Gasteiger partial charge >= 0.3 is 11.9 Å². The van der Waals surface area contributed by atoms with Gasteiger partial charge in [-0.25, -0.2) is 0 Å². The predicted octanol–water partition coefficient (Wildman–Crippen LogP) is 5.97. The molecule has 6 heteroatoms. The third-order valence-corrected chi connectivity index (χ3v) is 7.40. The number of nitrogens with one attached hydrogen (secondary N) is 1. The standard InChI is InChI=1S/C33H40N2O4/c1-4-38-31(36)33(3,32(37)39-5-2)23-26-16-18-28(19-17-26)34-24-27-13-9-15-30-29(27)14-10-21-35(30)22-20-25-11-7-6-8-12-25/h6-9,11-13,15-19,34H,4-5,10,14,20-24H2,1-3H3. The van der Waals surface area contributed by atoms with Gasteiger partial charge in [-0.3, -0.25) is 9.59 Å². The van der Waals surface area contributed by atoms with Gasteiger partial charge in [-0.1, -0.05) is 54.6 Å². The molecule has 39 heavy (non-hydrogen) atoms. The van der Waals surface area contributed by atoms with E-state index in [0.717, 1.165) is 50.1 Å². The van der Waals surface area contributed by atoms with E-state index in [2.05, 4.69) is 58.7 Å². The van der Waals surface area contributed by atoms with E-state index in [1.54, 1.807) is 20.8 Å². The highest BCUT2D eigenvalue weighted by atomic mass is 16.6. The molecule has 0 atom stereocenters. The van der Waals surface area contributed by atoms with Crippen LogP contribution in [0.15, 0.2) is 72.8 Å². The van der Waals surface area contributed by atoms with Crippen LogP contribution in [-0.4, -0.2) is 38.2 Å². The molecule has 1 aliphatic rings. The summed E-state index contributed by atoms with van der Waals surface area (Å²) in [4.78, 5) is 27.8. The van der Waals surface area contributed by atoms with E-state index >= 15 is 0 Å². The number of carbonyl (C=O) groups excluding carboxylic acids is 2. The number of anilines is 2. The predicted molar refractivity (Wildman–Crippen MR) is 156 cm³/mol. The highest BCUT2D eigenvalue weighted by Crippen LogP contribution is 2.31. The molecule has 3 aromatic rings. The first kappa shape index (κ1) is 28.2. The monoisotopic (exact) mass is 528 g/mol. The van der Waals surface area contributed by atoms with E-state index in [1.807, 2.05) is 24.3 Å². The molecule has 0 aliphatic carbocycles. The highest BCUT2D eigenvalue weighted by molar-refractivity contribution is 6.00. The number of carbonyl (C=O) groups is 2. The van der Waals surface area contributed by atoms with Gasteiger partial charge in [0.15, 0.2) is 5.41 Å². The van der Waals surface area contributed by atoms with Crippen LogP contribution in [-0.2, 0) is 44.9 Å². The lowest BCUT2D eigenvalue weighted by Crippen LogP contribution is -2.41. The van der Waals surface area contributed by atoms with Crippen molar-refractivity contribution in [2.75, 3.05) is 36.5 Å². The Morgan fingerprint density at radius 3 is 2.23 bits per heavy atom. The van der Waals surface area contributed by atoms with Crippen LogP contribution in [0.25, 0.3) is 0 Å². The van der Waals surface area contributed by atoms with Gasteiger partial charge in [0.25, 0.3) is 0 Å². The van der Waals surface area contributed by atoms with Gasteiger partial charge in [0.05, 0.1) is 13.2 Å². The molecule has 0 radical (unpaired) electrons. The molecule has 0 fully saturated rings. The Kier molecular flexibility index (Phi) is 9.64. The van der Waals surface area contributed by atoms with Crippen molar-refractivity contribution in [3.63, 3.8) is 0 Å². The topological polar surface area (TPSA) is 67.9 Å². The van der Waals surface area contributed by atoms with Crippen LogP contribution >= 0.6 is 0 Å². The number of ether oxygens (including phenoxy) is 2. The molecule has 0 aromatic heterocycles. The first-order valence-corrected chi connectivity index (χ1v) is 14.0. The largest absolute Gasteiger partial charge is 0.465 e. The van der Waals surface area contributed by atoms with Crippen molar-refractivity contribution in [1.82, 2.24) is 0 Å². The summed E-state index contributed by atoms with van der Waals surface area (Å²) in [5, 5.41) is 3.56. The van der Waals surface area contributed by atoms with Gasteiger partial charge in [-0.05, 0) is 86.9 Å². The summed E-state index contributed by atoms with van der Waals surface area (Å²) >= 11 is 0. The lowest BCUT2D eigenvalue weighted by Gasteiger charge is -2.33. The summed E-state index contributed by atoms with van der Waals surface area (Å²) in [7, 11) is 0. The van der Waals surface area contributed by atoms with Crippen LogP contribution in [0.3, 0.4) is 0 Å². The number of fused-ring (bicyclic) bond motifs is 1. The average molecular weight is 529 g/mol. The van der Waals surface area contributed by atoms with Crippen molar-refractivity contribution in [2.45, 2.75) is 53.0 Å². The molecule has 4 rings (SSSR count). The molecule has 1 aliphatic heterocycles. The second-order valence-corrected chi connectivity index (χ2v) is 10.2. The summed E-state index contributed by atoms with van der Waals surface area (Å²) in [5.74, 6) is -1.12. The minimum Gasteiger partial charge on any atom is -0.465 e. The van der Waals surface area contributed by atoms with E-state index in [-0.39, 0.29) is 19.6 Å².